The number of carbonyl (C=O) groups is 2. The molecule has 0 saturated heterocycles. The van der Waals surface area contributed by atoms with Crippen molar-refractivity contribution in [1.82, 2.24) is 14.9 Å². The van der Waals surface area contributed by atoms with Gasteiger partial charge in [-0.05, 0) is 18.1 Å². The molecule has 3 rings (SSSR count). The van der Waals surface area contributed by atoms with Crippen molar-refractivity contribution >= 4 is 11.7 Å². The van der Waals surface area contributed by atoms with Crippen LogP contribution in [0.15, 0.2) is 30.7 Å². The van der Waals surface area contributed by atoms with Crippen LogP contribution in [-0.4, -0.2) is 35.0 Å². The zero-order chi connectivity index (χ0) is 16.2. The molecule has 0 aliphatic heterocycles. The van der Waals surface area contributed by atoms with Crippen LogP contribution in [0.3, 0.4) is 0 Å². The summed E-state index contributed by atoms with van der Waals surface area (Å²) in [4.78, 5) is 28.3. The first-order chi connectivity index (χ1) is 11.2. The maximum Gasteiger partial charge on any atom is 0.251 e. The summed E-state index contributed by atoms with van der Waals surface area (Å²) in [6.45, 7) is 1.67. The number of nitrogens with one attached hydrogen (secondary N) is 1. The van der Waals surface area contributed by atoms with Crippen LogP contribution in [0.2, 0.25) is 0 Å². The largest absolute Gasteiger partial charge is 0.383 e. The third-order valence-corrected chi connectivity index (χ3v) is 4.09. The van der Waals surface area contributed by atoms with Crippen molar-refractivity contribution in [3.63, 3.8) is 0 Å². The van der Waals surface area contributed by atoms with Gasteiger partial charge >= 0.3 is 0 Å². The van der Waals surface area contributed by atoms with Gasteiger partial charge < -0.3 is 14.6 Å². The number of carbonyl (C=O) groups excluding carboxylic acids is 2. The van der Waals surface area contributed by atoms with E-state index in [1.807, 2.05) is 4.57 Å². The molecule has 1 heterocycles. The van der Waals surface area contributed by atoms with Crippen LogP contribution in [0.5, 0.6) is 0 Å². The molecule has 0 atom stereocenters. The fourth-order valence-electron chi connectivity index (χ4n) is 2.86. The Labute approximate surface area is 134 Å². The van der Waals surface area contributed by atoms with Gasteiger partial charge in [-0.25, -0.2) is 4.98 Å². The molecule has 0 saturated carbocycles. The second-order valence-corrected chi connectivity index (χ2v) is 5.51. The highest BCUT2D eigenvalue weighted by Crippen LogP contribution is 2.25. The van der Waals surface area contributed by atoms with E-state index in [9.17, 15) is 9.59 Å². The summed E-state index contributed by atoms with van der Waals surface area (Å²) in [5.41, 5.74) is 3.06. The van der Waals surface area contributed by atoms with Crippen molar-refractivity contribution in [2.45, 2.75) is 25.9 Å². The summed E-state index contributed by atoms with van der Waals surface area (Å²) in [6, 6.07) is 5.33. The third-order valence-electron chi connectivity index (χ3n) is 4.09. The Kier molecular flexibility index (Phi) is 4.52. The Balaban J connectivity index is 1.69. The van der Waals surface area contributed by atoms with Gasteiger partial charge in [0.15, 0.2) is 5.78 Å². The van der Waals surface area contributed by atoms with E-state index in [4.69, 9.17) is 4.74 Å². The number of methoxy groups -OCH3 is 1. The highest BCUT2D eigenvalue weighted by molar-refractivity contribution is 6.05. The molecule has 2 aromatic rings. The van der Waals surface area contributed by atoms with Gasteiger partial charge in [-0.2, -0.15) is 0 Å². The average molecular weight is 313 g/mol. The SMILES string of the molecule is COCCn1cncc1CNC(=O)c1cccc2c1CCC2=O. The molecule has 0 bridgehead atoms. The van der Waals surface area contributed by atoms with Crippen LogP contribution in [0.4, 0.5) is 0 Å². The number of hydrogen-bond acceptors (Lipinski definition) is 4. The van der Waals surface area contributed by atoms with Crippen molar-refractivity contribution in [1.29, 1.82) is 0 Å². The lowest BCUT2D eigenvalue weighted by Crippen LogP contribution is -2.25. The fourth-order valence-corrected chi connectivity index (χ4v) is 2.86. The first kappa shape index (κ1) is 15.4. The Hall–Kier alpha value is -2.47. The second kappa shape index (κ2) is 6.75. The minimum atomic E-state index is -0.156. The molecular weight excluding hydrogens is 294 g/mol. The highest BCUT2D eigenvalue weighted by Gasteiger charge is 2.24. The Morgan fingerprint density at radius 3 is 3.09 bits per heavy atom. The predicted molar refractivity (Wildman–Crippen MR) is 84.4 cm³/mol. The number of ether oxygens (including phenoxy) is 1. The maximum absolute atomic E-state index is 12.5. The topological polar surface area (TPSA) is 73.2 Å². The monoisotopic (exact) mass is 313 g/mol. The molecule has 1 aliphatic rings. The molecule has 1 aliphatic carbocycles. The van der Waals surface area contributed by atoms with Crippen LogP contribution in [-0.2, 0) is 24.2 Å². The lowest BCUT2D eigenvalue weighted by molar-refractivity contribution is 0.0948. The number of nitrogens with zero attached hydrogens (tertiary/aromatic N) is 2. The Morgan fingerprint density at radius 2 is 2.26 bits per heavy atom. The molecule has 0 radical (unpaired) electrons. The van der Waals surface area contributed by atoms with Crippen LogP contribution in [0.1, 0.15) is 38.4 Å². The summed E-state index contributed by atoms with van der Waals surface area (Å²) in [6.07, 6.45) is 4.58. The van der Waals surface area contributed by atoms with Gasteiger partial charge in [-0.3, -0.25) is 9.59 Å². The number of benzene rings is 1. The van der Waals surface area contributed by atoms with Gasteiger partial charge in [0.1, 0.15) is 0 Å². The van der Waals surface area contributed by atoms with Crippen LogP contribution >= 0.6 is 0 Å². The van der Waals surface area contributed by atoms with E-state index >= 15 is 0 Å². The molecule has 0 unspecified atom stereocenters. The number of Topliss-reactive ketones (excluding diaryl/α,β-unsaturated/α-hetero) is 1. The summed E-state index contributed by atoms with van der Waals surface area (Å²) in [7, 11) is 1.65. The van der Waals surface area contributed by atoms with Gasteiger partial charge in [0.25, 0.3) is 5.91 Å². The number of aromatic nitrogens is 2. The summed E-state index contributed by atoms with van der Waals surface area (Å²) in [5, 5.41) is 2.91. The maximum atomic E-state index is 12.5. The Morgan fingerprint density at radius 1 is 1.39 bits per heavy atom. The standard InChI is InChI=1S/C17H19N3O3/c1-23-8-7-20-11-18-9-12(20)10-19-17(22)15-4-2-3-14-13(15)5-6-16(14)21/h2-4,9,11H,5-8,10H2,1H3,(H,19,22). The van der Waals surface area contributed by atoms with E-state index < -0.39 is 0 Å². The smallest absolute Gasteiger partial charge is 0.251 e. The van der Waals surface area contributed by atoms with E-state index in [-0.39, 0.29) is 11.7 Å². The van der Waals surface area contributed by atoms with Crippen molar-refractivity contribution in [3.8, 4) is 0 Å². The van der Waals surface area contributed by atoms with E-state index in [1.54, 1.807) is 37.8 Å². The number of imidazole rings is 1. The summed E-state index contributed by atoms with van der Waals surface area (Å²) >= 11 is 0. The minimum absolute atomic E-state index is 0.118. The van der Waals surface area contributed by atoms with E-state index in [0.717, 1.165) is 11.3 Å². The van der Waals surface area contributed by atoms with Crippen molar-refractivity contribution in [2.24, 2.45) is 0 Å². The van der Waals surface area contributed by atoms with E-state index in [2.05, 4.69) is 10.3 Å². The quantitative estimate of drug-likeness (QED) is 0.879. The third kappa shape index (κ3) is 3.17. The number of ketones is 1. The van der Waals surface area contributed by atoms with Crippen LogP contribution in [0.25, 0.3) is 0 Å². The summed E-state index contributed by atoms with van der Waals surface area (Å²) < 4.78 is 7.00. The highest BCUT2D eigenvalue weighted by atomic mass is 16.5. The van der Waals surface area contributed by atoms with Gasteiger partial charge in [-0.1, -0.05) is 12.1 Å². The van der Waals surface area contributed by atoms with Gasteiger partial charge in [0.2, 0.25) is 0 Å². The Bertz CT molecular complexity index is 736. The fraction of sp³-hybridized carbons (Fsp3) is 0.353. The van der Waals surface area contributed by atoms with Gasteiger partial charge in [0, 0.05) is 37.4 Å². The second-order valence-electron chi connectivity index (χ2n) is 5.51. The van der Waals surface area contributed by atoms with Crippen LogP contribution < -0.4 is 5.32 Å². The van der Waals surface area contributed by atoms with Crippen molar-refractivity contribution in [2.75, 3.05) is 13.7 Å². The molecule has 6 heteroatoms. The molecular formula is C17H19N3O3. The average Bonchev–Trinajstić information content (AvgIpc) is 3.17. The lowest BCUT2D eigenvalue weighted by atomic mass is 10.0. The molecule has 1 N–H and O–H groups in total. The van der Waals surface area contributed by atoms with Gasteiger partial charge in [0.05, 0.1) is 25.2 Å². The normalized spacial score (nSPS) is 13.2. The van der Waals surface area contributed by atoms with Crippen LogP contribution in [0, 0.1) is 0 Å². The molecule has 1 aromatic heterocycles. The molecule has 0 spiro atoms. The predicted octanol–water partition coefficient (Wildman–Crippen LogP) is 1.59. The first-order valence-corrected chi connectivity index (χ1v) is 7.62. The van der Waals surface area contributed by atoms with E-state index in [1.165, 1.54) is 0 Å². The summed E-state index contributed by atoms with van der Waals surface area (Å²) in [5.74, 6) is -0.0386. The molecule has 120 valence electrons. The number of fused-ring (bicyclic) bond motifs is 1. The molecule has 1 amide bonds. The lowest BCUT2D eigenvalue weighted by Gasteiger charge is -2.11. The molecule has 6 nitrogen and oxygen atoms in total. The molecule has 1 aromatic carbocycles. The zero-order valence-corrected chi connectivity index (χ0v) is 13.0. The molecule has 0 fully saturated rings. The number of amides is 1. The zero-order valence-electron chi connectivity index (χ0n) is 13.0. The van der Waals surface area contributed by atoms with Gasteiger partial charge in [-0.15, -0.1) is 0 Å². The minimum Gasteiger partial charge on any atom is -0.383 e. The van der Waals surface area contributed by atoms with Crippen molar-refractivity contribution < 1.29 is 14.3 Å². The van der Waals surface area contributed by atoms with E-state index in [0.29, 0.717) is 43.7 Å². The number of rotatable bonds is 6. The molecule has 23 heavy (non-hydrogen) atoms. The van der Waals surface area contributed by atoms with Crippen molar-refractivity contribution in [3.05, 3.63) is 53.1 Å². The first-order valence-electron chi connectivity index (χ1n) is 7.62. The number of hydrogen-bond donors (Lipinski definition) is 1.